The fourth-order valence-corrected chi connectivity index (χ4v) is 3.35. The molecule has 1 N–H and O–H groups in total. The summed E-state index contributed by atoms with van der Waals surface area (Å²) in [5.74, 6) is -0.441. The number of nitrogens with one attached hydrogen (secondary N) is 1. The molecule has 1 amide bonds. The lowest BCUT2D eigenvalue weighted by Crippen LogP contribution is -2.13. The van der Waals surface area contributed by atoms with Crippen LogP contribution in [0.4, 0.5) is 18.9 Å². The van der Waals surface area contributed by atoms with E-state index in [1.165, 1.54) is 17.4 Å². The first-order chi connectivity index (χ1) is 9.29. The first kappa shape index (κ1) is 15.8. The van der Waals surface area contributed by atoms with Crippen molar-refractivity contribution in [3.63, 3.8) is 0 Å². The maximum atomic E-state index is 12.7. The molecule has 0 aliphatic heterocycles. The summed E-state index contributed by atoms with van der Waals surface area (Å²) in [4.78, 5) is 12.4. The molecule has 2 aromatic rings. The fourth-order valence-electron chi connectivity index (χ4n) is 1.43. The number of halogens is 5. The molecule has 1 heterocycles. The Morgan fingerprint density at radius 1 is 1.30 bits per heavy atom. The molecule has 8 heteroatoms. The summed E-state index contributed by atoms with van der Waals surface area (Å²) in [7, 11) is 0. The highest BCUT2D eigenvalue weighted by Crippen LogP contribution is 2.33. The molecular formula is C12H6BrF3INOS. The van der Waals surface area contributed by atoms with E-state index < -0.39 is 17.6 Å². The van der Waals surface area contributed by atoms with Crippen molar-refractivity contribution in [2.24, 2.45) is 0 Å². The summed E-state index contributed by atoms with van der Waals surface area (Å²) < 4.78 is 39.1. The summed E-state index contributed by atoms with van der Waals surface area (Å²) in [6.07, 6.45) is -4.44. The summed E-state index contributed by atoms with van der Waals surface area (Å²) in [5, 5.41) is 4.22. The molecule has 0 fully saturated rings. The van der Waals surface area contributed by atoms with Crippen molar-refractivity contribution in [1.29, 1.82) is 0 Å². The minimum Gasteiger partial charge on any atom is -0.320 e. The number of alkyl halides is 3. The van der Waals surface area contributed by atoms with E-state index in [2.05, 4.69) is 21.2 Å². The van der Waals surface area contributed by atoms with Crippen LogP contribution in [0.2, 0.25) is 0 Å². The predicted molar refractivity (Wildman–Crippen MR) is 84.1 cm³/mol. The molecule has 0 unspecified atom stereocenters. The van der Waals surface area contributed by atoms with Gasteiger partial charge in [-0.05, 0) is 68.2 Å². The summed E-state index contributed by atoms with van der Waals surface area (Å²) in [5.41, 5.74) is -0.649. The molecule has 2 nitrogen and oxygen atoms in total. The van der Waals surface area contributed by atoms with Crippen LogP contribution in [0.25, 0.3) is 0 Å². The summed E-state index contributed by atoms with van der Waals surface area (Å²) >= 11 is 6.30. The quantitative estimate of drug-likeness (QED) is 0.580. The van der Waals surface area contributed by atoms with E-state index in [1.54, 1.807) is 11.4 Å². The second kappa shape index (κ2) is 6.02. The molecule has 0 saturated carbocycles. The maximum absolute atomic E-state index is 12.7. The minimum absolute atomic E-state index is 0.144. The smallest absolute Gasteiger partial charge is 0.320 e. The van der Waals surface area contributed by atoms with Crippen molar-refractivity contribution in [2.45, 2.75) is 6.18 Å². The molecule has 1 aromatic carbocycles. The van der Waals surface area contributed by atoms with Gasteiger partial charge in [-0.15, -0.1) is 11.3 Å². The molecule has 0 saturated heterocycles. The molecule has 2 rings (SSSR count). The number of hydrogen-bond acceptors (Lipinski definition) is 2. The number of thiophene rings is 1. The number of carbonyl (C=O) groups excluding carboxylic acids is 1. The van der Waals surface area contributed by atoms with Crippen LogP contribution in [0.3, 0.4) is 0 Å². The topological polar surface area (TPSA) is 29.1 Å². The molecule has 20 heavy (non-hydrogen) atoms. The summed E-state index contributed by atoms with van der Waals surface area (Å²) in [6, 6.07) is 4.94. The first-order valence-electron chi connectivity index (χ1n) is 5.20. The number of amides is 1. The van der Waals surface area contributed by atoms with Crippen LogP contribution in [0.1, 0.15) is 15.2 Å². The number of hydrogen-bond donors (Lipinski definition) is 1. The van der Waals surface area contributed by atoms with Crippen LogP contribution in [-0.2, 0) is 6.18 Å². The molecule has 0 radical (unpaired) electrons. The lowest BCUT2D eigenvalue weighted by Gasteiger charge is -2.11. The van der Waals surface area contributed by atoms with Crippen LogP contribution >= 0.6 is 49.9 Å². The Hall–Kier alpha value is -0.610. The van der Waals surface area contributed by atoms with E-state index in [0.717, 1.165) is 12.1 Å². The zero-order valence-electron chi connectivity index (χ0n) is 9.59. The molecule has 0 atom stereocenters. The fraction of sp³-hybridized carbons (Fsp3) is 0.0833. The molecule has 106 valence electrons. The van der Waals surface area contributed by atoms with Gasteiger partial charge in [-0.25, -0.2) is 0 Å². The van der Waals surface area contributed by atoms with Gasteiger partial charge >= 0.3 is 6.18 Å². The van der Waals surface area contributed by atoms with Crippen molar-refractivity contribution < 1.29 is 18.0 Å². The van der Waals surface area contributed by atoms with E-state index in [9.17, 15) is 18.0 Å². The number of carbonyl (C=O) groups is 1. The molecular weight excluding hydrogens is 470 g/mol. The van der Waals surface area contributed by atoms with Crippen molar-refractivity contribution in [2.75, 3.05) is 5.32 Å². The SMILES string of the molecule is O=C(Nc1cc(C(F)(F)F)ccc1I)c1sccc1Br. The van der Waals surface area contributed by atoms with Crippen LogP contribution in [0, 0.1) is 3.57 Å². The van der Waals surface area contributed by atoms with Crippen LogP contribution in [0.5, 0.6) is 0 Å². The Labute approximate surface area is 138 Å². The monoisotopic (exact) mass is 475 g/mol. The summed E-state index contributed by atoms with van der Waals surface area (Å²) in [6.45, 7) is 0. The average Bonchev–Trinajstić information content (AvgIpc) is 2.77. The van der Waals surface area contributed by atoms with Gasteiger partial charge in [-0.1, -0.05) is 0 Å². The molecule has 0 bridgehead atoms. The van der Waals surface area contributed by atoms with Crippen molar-refractivity contribution in [3.05, 3.63) is 48.1 Å². The van der Waals surface area contributed by atoms with Gasteiger partial charge in [0.15, 0.2) is 0 Å². The second-order valence-electron chi connectivity index (χ2n) is 3.74. The zero-order valence-corrected chi connectivity index (χ0v) is 14.2. The third-order valence-electron chi connectivity index (χ3n) is 2.37. The second-order valence-corrected chi connectivity index (χ2v) is 6.68. The predicted octanol–water partition coefficient (Wildman–Crippen LogP) is 5.39. The number of anilines is 1. The van der Waals surface area contributed by atoms with E-state index in [1.807, 2.05) is 22.6 Å². The van der Waals surface area contributed by atoms with Crippen molar-refractivity contribution >= 4 is 61.5 Å². The first-order valence-corrected chi connectivity index (χ1v) is 7.95. The number of rotatable bonds is 2. The number of benzene rings is 1. The third-order valence-corrected chi connectivity index (χ3v) is 5.14. The standard InChI is InChI=1S/C12H6BrF3INOS/c13-7-3-4-20-10(7)11(19)18-9-5-6(12(14,15)16)1-2-8(9)17/h1-5H,(H,18,19). The van der Waals surface area contributed by atoms with E-state index >= 15 is 0 Å². The Kier molecular flexibility index (Phi) is 4.75. The van der Waals surface area contributed by atoms with E-state index in [4.69, 9.17) is 0 Å². The Balaban J connectivity index is 2.30. The van der Waals surface area contributed by atoms with Crippen LogP contribution in [-0.4, -0.2) is 5.91 Å². The highest BCUT2D eigenvalue weighted by Gasteiger charge is 2.31. The highest BCUT2D eigenvalue weighted by molar-refractivity contribution is 14.1. The Morgan fingerprint density at radius 3 is 2.55 bits per heavy atom. The van der Waals surface area contributed by atoms with Gasteiger partial charge in [0.2, 0.25) is 0 Å². The molecule has 0 aliphatic carbocycles. The normalized spacial score (nSPS) is 11.4. The van der Waals surface area contributed by atoms with E-state index in [0.29, 0.717) is 12.9 Å². The largest absolute Gasteiger partial charge is 0.416 e. The maximum Gasteiger partial charge on any atom is 0.416 e. The van der Waals surface area contributed by atoms with Gasteiger partial charge in [0.1, 0.15) is 4.88 Å². The molecule has 1 aromatic heterocycles. The van der Waals surface area contributed by atoms with Gasteiger partial charge in [-0.3, -0.25) is 4.79 Å². The Bertz CT molecular complexity index is 656. The van der Waals surface area contributed by atoms with Gasteiger partial charge in [0.05, 0.1) is 11.3 Å². The van der Waals surface area contributed by atoms with Crippen LogP contribution < -0.4 is 5.32 Å². The molecule has 0 aliphatic rings. The third kappa shape index (κ3) is 3.53. The van der Waals surface area contributed by atoms with Gasteiger partial charge in [0, 0.05) is 8.04 Å². The van der Waals surface area contributed by atoms with Crippen molar-refractivity contribution in [3.8, 4) is 0 Å². The van der Waals surface area contributed by atoms with Crippen LogP contribution in [0.15, 0.2) is 34.1 Å². The average molecular weight is 476 g/mol. The lowest BCUT2D eigenvalue weighted by molar-refractivity contribution is -0.137. The zero-order chi connectivity index (χ0) is 14.9. The minimum atomic E-state index is -4.44. The van der Waals surface area contributed by atoms with Gasteiger partial charge in [-0.2, -0.15) is 13.2 Å². The van der Waals surface area contributed by atoms with E-state index in [-0.39, 0.29) is 5.69 Å². The Morgan fingerprint density at radius 2 is 2.00 bits per heavy atom. The lowest BCUT2D eigenvalue weighted by atomic mass is 10.2. The highest BCUT2D eigenvalue weighted by atomic mass is 127. The van der Waals surface area contributed by atoms with Gasteiger partial charge < -0.3 is 5.32 Å². The van der Waals surface area contributed by atoms with Gasteiger partial charge in [0.25, 0.3) is 5.91 Å². The van der Waals surface area contributed by atoms with Crippen molar-refractivity contribution in [1.82, 2.24) is 0 Å². The molecule has 0 spiro atoms.